The van der Waals surface area contributed by atoms with Crippen LogP contribution in [-0.4, -0.2) is 34.2 Å². The summed E-state index contributed by atoms with van der Waals surface area (Å²) in [6, 6.07) is 10.1. The second-order valence-electron chi connectivity index (χ2n) is 8.97. The zero-order chi connectivity index (χ0) is 22.3. The van der Waals surface area contributed by atoms with Crippen molar-refractivity contribution in [2.45, 2.75) is 66.6 Å². The molecule has 0 fully saturated rings. The van der Waals surface area contributed by atoms with Gasteiger partial charge in [-0.2, -0.15) is 0 Å². The van der Waals surface area contributed by atoms with Gasteiger partial charge in [-0.15, -0.1) is 11.3 Å². The van der Waals surface area contributed by atoms with Crippen LogP contribution >= 0.6 is 11.3 Å². The van der Waals surface area contributed by atoms with E-state index in [1.54, 1.807) is 33.3 Å². The summed E-state index contributed by atoms with van der Waals surface area (Å²) < 4.78 is 13.3. The van der Waals surface area contributed by atoms with Gasteiger partial charge >= 0.3 is 0 Å². The van der Waals surface area contributed by atoms with Crippen LogP contribution in [0.25, 0.3) is 0 Å². The van der Waals surface area contributed by atoms with Crippen LogP contribution in [0.3, 0.4) is 0 Å². The lowest BCUT2D eigenvalue weighted by Crippen LogP contribution is -2.47. The first-order chi connectivity index (χ1) is 14.1. The Morgan fingerprint density at radius 1 is 1.07 bits per heavy atom. The molecule has 1 heterocycles. The molecule has 0 saturated carbocycles. The van der Waals surface area contributed by atoms with Crippen molar-refractivity contribution in [3.05, 3.63) is 58.0 Å². The molecule has 1 aromatic carbocycles. The predicted octanol–water partition coefficient (Wildman–Crippen LogP) is 5.48. The van der Waals surface area contributed by atoms with E-state index in [-0.39, 0.29) is 35.6 Å². The zero-order valence-electron chi connectivity index (χ0n) is 18.7. The highest BCUT2D eigenvalue weighted by molar-refractivity contribution is 7.09. The fraction of sp³-hybridized carbons (Fsp3) is 0.500. The molecule has 0 saturated heterocycles. The number of amides is 2. The summed E-state index contributed by atoms with van der Waals surface area (Å²) in [5.41, 5.74) is 0.716. The minimum absolute atomic E-state index is 0.00283. The fourth-order valence-electron chi connectivity index (χ4n) is 3.14. The Hall–Kier alpha value is -2.21. The van der Waals surface area contributed by atoms with Gasteiger partial charge in [0, 0.05) is 23.9 Å². The normalized spacial score (nSPS) is 12.5. The molecule has 0 spiro atoms. The van der Waals surface area contributed by atoms with Crippen LogP contribution in [0.2, 0.25) is 0 Å². The number of nitrogens with zero attached hydrogens (tertiary/aromatic N) is 2. The van der Waals surface area contributed by atoms with Gasteiger partial charge in [0.1, 0.15) is 12.4 Å². The average molecular weight is 433 g/mol. The van der Waals surface area contributed by atoms with Crippen LogP contribution in [0.15, 0.2) is 41.8 Å². The Kier molecular flexibility index (Phi) is 8.59. The van der Waals surface area contributed by atoms with E-state index >= 15 is 0 Å². The standard InChI is InChI=1S/C24H33FN2O2S/c1-6-18(2)27(22(28)14-24(3,4)5)17-23(29)26(16-21-8-7-13-30-21)15-19-9-11-20(25)12-10-19/h7-13,18H,6,14-17H2,1-5H3/t18-/m1/s1. The molecular formula is C24H33FN2O2S. The number of hydrogen-bond donors (Lipinski definition) is 0. The van der Waals surface area contributed by atoms with E-state index in [9.17, 15) is 14.0 Å². The minimum atomic E-state index is -0.300. The number of thiophene rings is 1. The number of rotatable bonds is 9. The second-order valence-corrected chi connectivity index (χ2v) is 10.0. The maximum absolute atomic E-state index is 13.3. The Labute approximate surface area is 183 Å². The number of halogens is 1. The molecule has 1 aromatic heterocycles. The van der Waals surface area contributed by atoms with Crippen molar-refractivity contribution in [1.29, 1.82) is 0 Å². The highest BCUT2D eigenvalue weighted by Gasteiger charge is 2.28. The number of carbonyl (C=O) groups excluding carboxylic acids is 2. The van der Waals surface area contributed by atoms with Crippen molar-refractivity contribution >= 4 is 23.2 Å². The van der Waals surface area contributed by atoms with Crippen LogP contribution in [0.1, 0.15) is 57.9 Å². The van der Waals surface area contributed by atoms with Gasteiger partial charge in [-0.25, -0.2) is 4.39 Å². The molecule has 0 N–H and O–H groups in total. The topological polar surface area (TPSA) is 40.6 Å². The van der Waals surface area contributed by atoms with Gasteiger partial charge in [0.15, 0.2) is 0 Å². The third-order valence-corrected chi connectivity index (χ3v) is 5.86. The van der Waals surface area contributed by atoms with Crippen LogP contribution in [-0.2, 0) is 22.7 Å². The lowest BCUT2D eigenvalue weighted by atomic mass is 9.91. The SMILES string of the molecule is CC[C@@H](C)N(CC(=O)N(Cc1ccc(F)cc1)Cc1cccs1)C(=O)CC(C)(C)C. The highest BCUT2D eigenvalue weighted by Crippen LogP contribution is 2.22. The summed E-state index contributed by atoms with van der Waals surface area (Å²) in [6.07, 6.45) is 1.18. The maximum Gasteiger partial charge on any atom is 0.242 e. The van der Waals surface area contributed by atoms with E-state index in [1.807, 2.05) is 52.1 Å². The summed E-state index contributed by atoms with van der Waals surface area (Å²) >= 11 is 1.59. The van der Waals surface area contributed by atoms with Gasteiger partial charge in [0.25, 0.3) is 0 Å². The molecule has 0 radical (unpaired) electrons. The van der Waals surface area contributed by atoms with Crippen LogP contribution in [0.4, 0.5) is 4.39 Å². The Morgan fingerprint density at radius 3 is 2.27 bits per heavy atom. The maximum atomic E-state index is 13.3. The fourth-order valence-corrected chi connectivity index (χ4v) is 3.86. The van der Waals surface area contributed by atoms with Crippen molar-refractivity contribution in [3.8, 4) is 0 Å². The largest absolute Gasteiger partial charge is 0.332 e. The Bertz CT molecular complexity index is 813. The summed E-state index contributed by atoms with van der Waals surface area (Å²) in [7, 11) is 0. The van der Waals surface area contributed by atoms with Gasteiger partial charge in [0.2, 0.25) is 11.8 Å². The Morgan fingerprint density at radius 2 is 1.73 bits per heavy atom. The van der Waals surface area contributed by atoms with Crippen LogP contribution < -0.4 is 0 Å². The van der Waals surface area contributed by atoms with Gasteiger partial charge in [-0.3, -0.25) is 9.59 Å². The van der Waals surface area contributed by atoms with Crippen molar-refractivity contribution in [2.75, 3.05) is 6.54 Å². The summed E-state index contributed by atoms with van der Waals surface area (Å²) in [5.74, 6) is -0.399. The molecular weight excluding hydrogens is 399 g/mol. The van der Waals surface area contributed by atoms with E-state index in [2.05, 4.69) is 0 Å². The highest BCUT2D eigenvalue weighted by atomic mass is 32.1. The lowest BCUT2D eigenvalue weighted by Gasteiger charge is -2.33. The minimum Gasteiger partial charge on any atom is -0.332 e. The first-order valence-electron chi connectivity index (χ1n) is 10.4. The average Bonchev–Trinajstić information content (AvgIpc) is 3.18. The molecule has 0 aliphatic rings. The molecule has 1 atom stereocenters. The van der Waals surface area contributed by atoms with Crippen molar-refractivity contribution < 1.29 is 14.0 Å². The van der Waals surface area contributed by atoms with E-state index < -0.39 is 0 Å². The molecule has 0 unspecified atom stereocenters. The molecule has 0 aliphatic carbocycles. The molecule has 2 aromatic rings. The Balaban J connectivity index is 2.20. The van der Waals surface area contributed by atoms with Gasteiger partial charge < -0.3 is 9.80 Å². The first kappa shape index (κ1) is 24.1. The van der Waals surface area contributed by atoms with Crippen molar-refractivity contribution in [1.82, 2.24) is 9.80 Å². The van der Waals surface area contributed by atoms with Crippen molar-refractivity contribution in [2.24, 2.45) is 5.41 Å². The summed E-state index contributed by atoms with van der Waals surface area (Å²) in [6.45, 7) is 11.0. The second kappa shape index (κ2) is 10.7. The number of hydrogen-bond acceptors (Lipinski definition) is 3. The monoisotopic (exact) mass is 432 g/mol. The van der Waals surface area contributed by atoms with Gasteiger partial charge in [-0.05, 0) is 47.9 Å². The quantitative estimate of drug-likeness (QED) is 0.526. The van der Waals surface area contributed by atoms with Crippen molar-refractivity contribution in [3.63, 3.8) is 0 Å². The first-order valence-corrected chi connectivity index (χ1v) is 11.3. The van der Waals surface area contributed by atoms with E-state index in [0.717, 1.165) is 16.9 Å². The number of carbonyl (C=O) groups is 2. The van der Waals surface area contributed by atoms with Crippen LogP contribution in [0, 0.1) is 11.2 Å². The van der Waals surface area contributed by atoms with E-state index in [4.69, 9.17) is 0 Å². The zero-order valence-corrected chi connectivity index (χ0v) is 19.5. The third-order valence-electron chi connectivity index (χ3n) is 5.00. The van der Waals surface area contributed by atoms with Crippen LogP contribution in [0.5, 0.6) is 0 Å². The molecule has 164 valence electrons. The molecule has 30 heavy (non-hydrogen) atoms. The van der Waals surface area contributed by atoms with E-state index in [0.29, 0.717) is 19.5 Å². The summed E-state index contributed by atoms with van der Waals surface area (Å²) in [5, 5.41) is 1.98. The van der Waals surface area contributed by atoms with E-state index in [1.165, 1.54) is 12.1 Å². The molecule has 2 rings (SSSR count). The number of benzene rings is 1. The predicted molar refractivity (Wildman–Crippen MR) is 121 cm³/mol. The summed E-state index contributed by atoms with van der Waals surface area (Å²) in [4.78, 5) is 30.8. The molecule has 0 aliphatic heterocycles. The van der Waals surface area contributed by atoms with Gasteiger partial charge in [0.05, 0.1) is 6.54 Å². The lowest BCUT2D eigenvalue weighted by molar-refractivity contribution is -0.144. The third kappa shape index (κ3) is 7.56. The molecule has 6 heteroatoms. The molecule has 0 bridgehead atoms. The molecule has 4 nitrogen and oxygen atoms in total. The molecule has 2 amide bonds. The smallest absolute Gasteiger partial charge is 0.242 e. The van der Waals surface area contributed by atoms with Gasteiger partial charge in [-0.1, -0.05) is 45.9 Å².